The highest BCUT2D eigenvalue weighted by molar-refractivity contribution is 7.95. The molecule has 88 valence electrons. The van der Waals surface area contributed by atoms with E-state index in [2.05, 4.69) is 0 Å². The number of sulfone groups is 1. The summed E-state index contributed by atoms with van der Waals surface area (Å²) in [5.74, 6) is 0. The minimum absolute atomic E-state index is 0.00185. The molecule has 1 aromatic rings. The van der Waals surface area contributed by atoms with E-state index in [-0.39, 0.29) is 4.90 Å². The van der Waals surface area contributed by atoms with E-state index in [1.54, 1.807) is 18.2 Å². The van der Waals surface area contributed by atoms with Gasteiger partial charge in [-0.1, -0.05) is 37.8 Å². The molecule has 0 saturated carbocycles. The summed E-state index contributed by atoms with van der Waals surface area (Å²) in [4.78, 5) is 0.00185. The maximum absolute atomic E-state index is 13.7. The van der Waals surface area contributed by atoms with Gasteiger partial charge in [-0.15, -0.1) is 0 Å². The number of hydrogen-bond donors (Lipinski definition) is 0. The van der Waals surface area contributed by atoms with Crippen LogP contribution in [-0.2, 0) is 9.84 Å². The molecule has 5 heteroatoms. The van der Waals surface area contributed by atoms with Gasteiger partial charge in [0.05, 0.1) is 13.0 Å². The summed E-state index contributed by atoms with van der Waals surface area (Å²) in [5, 5.41) is -1.03. The monoisotopic (exact) mass is 258 g/mol. The smallest absolute Gasteiger partial charge is 0.216 e. The third-order valence-electron chi connectivity index (χ3n) is 1.86. The third kappa shape index (κ3) is 3.28. The fourth-order valence-electron chi connectivity index (χ4n) is 1.13. The lowest BCUT2D eigenvalue weighted by Gasteiger charge is -2.10. The Kier molecular flexibility index (Phi) is 3.70. The van der Waals surface area contributed by atoms with Crippen molar-refractivity contribution in [2.45, 2.75) is 24.5 Å². The maximum Gasteiger partial charge on any atom is 0.232 e. The molecule has 0 heterocycles. The SMILES string of the molecule is C[Si](C)(C)/C=C(\F)S(=O)(=O)c1ccccc1. The van der Waals surface area contributed by atoms with Crippen molar-refractivity contribution in [3.05, 3.63) is 41.2 Å². The van der Waals surface area contributed by atoms with Crippen molar-refractivity contribution >= 4 is 17.9 Å². The molecular formula is C11H15FO2SSi. The predicted molar refractivity (Wildman–Crippen MR) is 66.2 cm³/mol. The first-order chi connectivity index (χ1) is 7.23. The largest absolute Gasteiger partial charge is 0.232 e. The Balaban J connectivity index is 3.20. The van der Waals surface area contributed by atoms with Crippen LogP contribution in [0.15, 0.2) is 46.1 Å². The Bertz CT molecular complexity index is 486. The van der Waals surface area contributed by atoms with E-state index in [0.717, 1.165) is 0 Å². The van der Waals surface area contributed by atoms with Gasteiger partial charge in [0, 0.05) is 0 Å². The fourth-order valence-corrected chi connectivity index (χ4v) is 4.23. The van der Waals surface area contributed by atoms with Crippen LogP contribution < -0.4 is 0 Å². The lowest BCUT2D eigenvalue weighted by atomic mass is 10.4. The minimum Gasteiger partial charge on any atom is -0.216 e. The summed E-state index contributed by atoms with van der Waals surface area (Å²) in [6.07, 6.45) is 0. The Morgan fingerprint density at radius 2 is 1.69 bits per heavy atom. The number of rotatable bonds is 3. The van der Waals surface area contributed by atoms with Crippen molar-refractivity contribution < 1.29 is 12.8 Å². The van der Waals surface area contributed by atoms with Gasteiger partial charge in [0.1, 0.15) is 0 Å². The van der Waals surface area contributed by atoms with Gasteiger partial charge in [-0.05, 0) is 17.8 Å². The van der Waals surface area contributed by atoms with Crippen LogP contribution in [0.5, 0.6) is 0 Å². The zero-order valence-electron chi connectivity index (χ0n) is 9.57. The molecule has 0 radical (unpaired) electrons. The van der Waals surface area contributed by atoms with E-state index >= 15 is 0 Å². The number of benzene rings is 1. The number of halogens is 1. The van der Waals surface area contributed by atoms with Gasteiger partial charge >= 0.3 is 0 Å². The second kappa shape index (κ2) is 4.51. The molecular weight excluding hydrogens is 243 g/mol. The van der Waals surface area contributed by atoms with E-state index in [9.17, 15) is 12.8 Å². The van der Waals surface area contributed by atoms with Crippen LogP contribution in [0.2, 0.25) is 19.6 Å². The summed E-state index contributed by atoms with van der Waals surface area (Å²) in [6.45, 7) is 5.65. The average molecular weight is 258 g/mol. The normalized spacial score (nSPS) is 13.9. The summed E-state index contributed by atoms with van der Waals surface area (Å²) in [6, 6.07) is 7.64. The fraction of sp³-hybridized carbons (Fsp3) is 0.273. The zero-order chi connectivity index (χ0) is 12.4. The van der Waals surface area contributed by atoms with Crippen LogP contribution >= 0.6 is 0 Å². The van der Waals surface area contributed by atoms with Crippen LogP contribution in [0.4, 0.5) is 4.39 Å². The first-order valence-electron chi connectivity index (χ1n) is 4.92. The molecule has 0 unspecified atom stereocenters. The molecule has 0 aliphatic rings. The number of hydrogen-bond acceptors (Lipinski definition) is 2. The molecule has 0 spiro atoms. The summed E-state index contributed by atoms with van der Waals surface area (Å²) in [5.41, 5.74) is 1.26. The van der Waals surface area contributed by atoms with Crippen LogP contribution in [0.3, 0.4) is 0 Å². The highest BCUT2D eigenvalue weighted by atomic mass is 32.2. The van der Waals surface area contributed by atoms with Crippen LogP contribution in [0.1, 0.15) is 0 Å². The maximum atomic E-state index is 13.7. The standard InChI is InChI=1S/C11H15FO2SSi/c1-16(2,3)9-11(12)15(13,14)10-7-5-4-6-8-10/h4-9H,1-3H3/b11-9+. The van der Waals surface area contributed by atoms with Crippen LogP contribution in [0.25, 0.3) is 0 Å². The minimum atomic E-state index is -3.94. The van der Waals surface area contributed by atoms with Gasteiger partial charge in [0.2, 0.25) is 15.0 Å². The molecule has 2 nitrogen and oxygen atoms in total. The second-order valence-corrected chi connectivity index (χ2v) is 11.5. The molecule has 0 saturated heterocycles. The quantitative estimate of drug-likeness (QED) is 0.780. The predicted octanol–water partition coefficient (Wildman–Crippen LogP) is 3.15. The highest BCUT2D eigenvalue weighted by Gasteiger charge is 2.23. The van der Waals surface area contributed by atoms with Gasteiger partial charge in [0.25, 0.3) is 0 Å². The summed E-state index contributed by atoms with van der Waals surface area (Å²) in [7, 11) is -5.82. The third-order valence-corrected chi connectivity index (χ3v) is 4.71. The van der Waals surface area contributed by atoms with Crippen LogP contribution in [0, 0.1) is 0 Å². The molecule has 1 aromatic carbocycles. The van der Waals surface area contributed by atoms with Crippen molar-refractivity contribution in [1.82, 2.24) is 0 Å². The molecule has 1 rings (SSSR count). The van der Waals surface area contributed by atoms with Gasteiger partial charge in [-0.25, -0.2) is 8.42 Å². The van der Waals surface area contributed by atoms with Crippen molar-refractivity contribution in [3.63, 3.8) is 0 Å². The highest BCUT2D eigenvalue weighted by Crippen LogP contribution is 2.21. The van der Waals surface area contributed by atoms with E-state index < -0.39 is 23.1 Å². The molecule has 0 aliphatic heterocycles. The molecule has 0 amide bonds. The Hall–Kier alpha value is -0.943. The molecule has 0 aliphatic carbocycles. The van der Waals surface area contributed by atoms with Gasteiger partial charge in [0.15, 0.2) is 0 Å². The van der Waals surface area contributed by atoms with Gasteiger partial charge < -0.3 is 0 Å². The van der Waals surface area contributed by atoms with E-state index in [1.165, 1.54) is 17.8 Å². The Labute approximate surface area is 96.7 Å². The molecule has 0 bridgehead atoms. The molecule has 0 atom stereocenters. The van der Waals surface area contributed by atoms with E-state index in [0.29, 0.717) is 0 Å². The van der Waals surface area contributed by atoms with Gasteiger partial charge in [-0.2, -0.15) is 4.39 Å². The van der Waals surface area contributed by atoms with Crippen molar-refractivity contribution in [3.8, 4) is 0 Å². The first kappa shape index (κ1) is 13.1. The first-order valence-corrected chi connectivity index (χ1v) is 9.98. The molecule has 16 heavy (non-hydrogen) atoms. The summed E-state index contributed by atoms with van der Waals surface area (Å²) < 4.78 is 37.2. The topological polar surface area (TPSA) is 34.1 Å². The van der Waals surface area contributed by atoms with Gasteiger partial charge in [-0.3, -0.25) is 0 Å². The molecule has 0 N–H and O–H groups in total. The van der Waals surface area contributed by atoms with E-state index in [1.807, 2.05) is 19.6 Å². The van der Waals surface area contributed by atoms with E-state index in [4.69, 9.17) is 0 Å². The lowest BCUT2D eigenvalue weighted by Crippen LogP contribution is -2.18. The van der Waals surface area contributed by atoms with Crippen LogP contribution in [-0.4, -0.2) is 16.5 Å². The molecule has 0 aromatic heterocycles. The molecule has 0 fully saturated rings. The summed E-state index contributed by atoms with van der Waals surface area (Å²) >= 11 is 0. The second-order valence-electron chi connectivity index (χ2n) is 4.63. The Morgan fingerprint density at radius 1 is 1.19 bits per heavy atom. The van der Waals surface area contributed by atoms with Crippen molar-refractivity contribution in [1.29, 1.82) is 0 Å². The Morgan fingerprint density at radius 3 is 2.12 bits per heavy atom. The average Bonchev–Trinajstić information content (AvgIpc) is 2.16. The lowest BCUT2D eigenvalue weighted by molar-refractivity contribution is 0.578. The van der Waals surface area contributed by atoms with Crippen molar-refractivity contribution in [2.24, 2.45) is 0 Å². The zero-order valence-corrected chi connectivity index (χ0v) is 11.4. The van der Waals surface area contributed by atoms with Crippen molar-refractivity contribution in [2.75, 3.05) is 0 Å².